The van der Waals surface area contributed by atoms with Crippen LogP contribution in [0.2, 0.25) is 0 Å². The van der Waals surface area contributed by atoms with Crippen molar-refractivity contribution in [3.8, 4) is 0 Å². The van der Waals surface area contributed by atoms with Crippen molar-refractivity contribution < 1.29 is 0 Å². The summed E-state index contributed by atoms with van der Waals surface area (Å²) in [4.78, 5) is 10.7. The van der Waals surface area contributed by atoms with Gasteiger partial charge in [-0.1, -0.05) is 13.8 Å². The SMILES string of the molecule is CCC1(C)CN(c2ncncc2C)C1. The molecule has 1 aliphatic rings. The van der Waals surface area contributed by atoms with E-state index in [1.165, 1.54) is 12.0 Å². The Labute approximate surface area is 85.2 Å². The van der Waals surface area contributed by atoms with Crippen LogP contribution >= 0.6 is 0 Å². The summed E-state index contributed by atoms with van der Waals surface area (Å²) in [5.41, 5.74) is 1.67. The van der Waals surface area contributed by atoms with Crippen LogP contribution < -0.4 is 4.90 Å². The maximum absolute atomic E-state index is 4.31. The maximum Gasteiger partial charge on any atom is 0.134 e. The lowest BCUT2D eigenvalue weighted by molar-refractivity contribution is 0.232. The summed E-state index contributed by atoms with van der Waals surface area (Å²) in [5, 5.41) is 0. The van der Waals surface area contributed by atoms with Crippen molar-refractivity contribution >= 4 is 5.82 Å². The molecule has 2 heterocycles. The van der Waals surface area contributed by atoms with Gasteiger partial charge in [0.25, 0.3) is 0 Å². The van der Waals surface area contributed by atoms with E-state index >= 15 is 0 Å². The highest BCUT2D eigenvalue weighted by molar-refractivity contribution is 5.47. The Morgan fingerprint density at radius 1 is 1.50 bits per heavy atom. The van der Waals surface area contributed by atoms with Crippen LogP contribution in [-0.4, -0.2) is 23.1 Å². The Morgan fingerprint density at radius 3 is 2.79 bits per heavy atom. The largest absolute Gasteiger partial charge is 0.355 e. The average molecular weight is 191 g/mol. The molecule has 1 saturated heterocycles. The van der Waals surface area contributed by atoms with Crippen LogP contribution in [0.25, 0.3) is 0 Å². The van der Waals surface area contributed by atoms with E-state index < -0.39 is 0 Å². The van der Waals surface area contributed by atoms with Crippen LogP contribution in [0.1, 0.15) is 25.8 Å². The van der Waals surface area contributed by atoms with Crippen LogP contribution in [0.15, 0.2) is 12.5 Å². The number of aromatic nitrogens is 2. The topological polar surface area (TPSA) is 29.0 Å². The molecule has 1 aliphatic heterocycles. The number of hydrogen-bond acceptors (Lipinski definition) is 3. The fourth-order valence-electron chi connectivity index (χ4n) is 1.97. The highest BCUT2D eigenvalue weighted by atomic mass is 15.3. The molecule has 0 spiro atoms. The number of anilines is 1. The quantitative estimate of drug-likeness (QED) is 0.716. The van der Waals surface area contributed by atoms with Crippen molar-refractivity contribution in [3.63, 3.8) is 0 Å². The first kappa shape index (κ1) is 9.44. The molecule has 0 N–H and O–H groups in total. The van der Waals surface area contributed by atoms with Gasteiger partial charge in [0.1, 0.15) is 12.1 Å². The standard InChI is InChI=1S/C11H17N3/c1-4-11(3)6-14(7-11)10-9(2)5-12-8-13-10/h5,8H,4,6-7H2,1-3H3. The second-order valence-electron chi connectivity index (χ2n) is 4.55. The molecule has 0 saturated carbocycles. The molecule has 0 atom stereocenters. The lowest BCUT2D eigenvalue weighted by Crippen LogP contribution is -2.55. The fraction of sp³-hybridized carbons (Fsp3) is 0.636. The highest BCUT2D eigenvalue weighted by Gasteiger charge is 2.38. The monoisotopic (exact) mass is 191 g/mol. The van der Waals surface area contributed by atoms with Gasteiger partial charge >= 0.3 is 0 Å². The third kappa shape index (κ3) is 1.47. The Kier molecular flexibility index (Phi) is 2.17. The van der Waals surface area contributed by atoms with Gasteiger partial charge in [-0.15, -0.1) is 0 Å². The first-order valence-electron chi connectivity index (χ1n) is 5.16. The number of rotatable bonds is 2. The third-order valence-corrected chi connectivity index (χ3v) is 3.17. The smallest absolute Gasteiger partial charge is 0.134 e. The van der Waals surface area contributed by atoms with Crippen LogP contribution in [-0.2, 0) is 0 Å². The van der Waals surface area contributed by atoms with Gasteiger partial charge in [-0.05, 0) is 13.3 Å². The average Bonchev–Trinajstić information content (AvgIpc) is 2.14. The second-order valence-corrected chi connectivity index (χ2v) is 4.55. The van der Waals surface area contributed by atoms with Crippen LogP contribution in [0.5, 0.6) is 0 Å². The molecule has 76 valence electrons. The van der Waals surface area contributed by atoms with Crippen LogP contribution in [0.4, 0.5) is 5.82 Å². The number of hydrogen-bond donors (Lipinski definition) is 0. The summed E-state index contributed by atoms with van der Waals surface area (Å²) in [6.45, 7) is 8.91. The first-order chi connectivity index (χ1) is 6.64. The van der Waals surface area contributed by atoms with Gasteiger partial charge in [-0.2, -0.15) is 0 Å². The normalized spacial score (nSPS) is 19.2. The second kappa shape index (κ2) is 3.23. The van der Waals surface area contributed by atoms with E-state index in [1.54, 1.807) is 6.33 Å². The molecule has 0 bridgehead atoms. The Bertz CT molecular complexity index is 329. The highest BCUT2D eigenvalue weighted by Crippen LogP contribution is 2.36. The van der Waals surface area contributed by atoms with Crippen molar-refractivity contribution in [3.05, 3.63) is 18.1 Å². The van der Waals surface area contributed by atoms with E-state index in [0.717, 1.165) is 18.9 Å². The Morgan fingerprint density at radius 2 is 2.21 bits per heavy atom. The molecule has 0 aromatic carbocycles. The number of nitrogens with zero attached hydrogens (tertiary/aromatic N) is 3. The van der Waals surface area contributed by atoms with E-state index in [1.807, 2.05) is 6.20 Å². The zero-order chi connectivity index (χ0) is 10.2. The van der Waals surface area contributed by atoms with Crippen molar-refractivity contribution in [2.45, 2.75) is 27.2 Å². The van der Waals surface area contributed by atoms with E-state index in [4.69, 9.17) is 0 Å². The van der Waals surface area contributed by atoms with Gasteiger partial charge in [0, 0.05) is 30.3 Å². The summed E-state index contributed by atoms with van der Waals surface area (Å²) >= 11 is 0. The number of aryl methyl sites for hydroxylation is 1. The molecule has 3 nitrogen and oxygen atoms in total. The molecule has 1 fully saturated rings. The lowest BCUT2D eigenvalue weighted by Gasteiger charge is -2.48. The zero-order valence-corrected chi connectivity index (χ0v) is 9.12. The molecule has 1 aromatic rings. The van der Waals surface area contributed by atoms with E-state index in [9.17, 15) is 0 Å². The summed E-state index contributed by atoms with van der Waals surface area (Å²) in [5.74, 6) is 1.10. The molecular weight excluding hydrogens is 174 g/mol. The van der Waals surface area contributed by atoms with Gasteiger partial charge in [0.05, 0.1) is 0 Å². The molecule has 0 radical (unpaired) electrons. The minimum absolute atomic E-state index is 0.497. The predicted octanol–water partition coefficient (Wildman–Crippen LogP) is 2.02. The Hall–Kier alpha value is -1.12. The lowest BCUT2D eigenvalue weighted by atomic mass is 9.79. The van der Waals surface area contributed by atoms with Crippen molar-refractivity contribution in [2.75, 3.05) is 18.0 Å². The molecule has 2 rings (SSSR count). The molecule has 14 heavy (non-hydrogen) atoms. The maximum atomic E-state index is 4.31. The van der Waals surface area contributed by atoms with E-state index in [0.29, 0.717) is 5.41 Å². The Balaban J connectivity index is 2.10. The predicted molar refractivity (Wildman–Crippen MR) is 57.4 cm³/mol. The van der Waals surface area contributed by atoms with Crippen molar-refractivity contribution in [1.82, 2.24) is 9.97 Å². The van der Waals surface area contributed by atoms with Gasteiger partial charge in [0.15, 0.2) is 0 Å². The molecule has 0 unspecified atom stereocenters. The van der Waals surface area contributed by atoms with Gasteiger partial charge in [-0.25, -0.2) is 9.97 Å². The molecule has 0 aliphatic carbocycles. The minimum Gasteiger partial charge on any atom is -0.355 e. The molecule has 1 aromatic heterocycles. The van der Waals surface area contributed by atoms with Gasteiger partial charge in [0.2, 0.25) is 0 Å². The summed E-state index contributed by atoms with van der Waals surface area (Å²) < 4.78 is 0. The van der Waals surface area contributed by atoms with E-state index in [2.05, 4.69) is 35.6 Å². The van der Waals surface area contributed by atoms with Crippen molar-refractivity contribution in [2.24, 2.45) is 5.41 Å². The minimum atomic E-state index is 0.497. The van der Waals surface area contributed by atoms with E-state index in [-0.39, 0.29) is 0 Å². The van der Waals surface area contributed by atoms with Gasteiger partial charge < -0.3 is 4.90 Å². The summed E-state index contributed by atoms with van der Waals surface area (Å²) in [7, 11) is 0. The zero-order valence-electron chi connectivity index (χ0n) is 9.12. The van der Waals surface area contributed by atoms with Gasteiger partial charge in [-0.3, -0.25) is 0 Å². The molecule has 3 heteroatoms. The van der Waals surface area contributed by atoms with Crippen molar-refractivity contribution in [1.29, 1.82) is 0 Å². The molecule has 0 amide bonds. The van der Waals surface area contributed by atoms with Crippen LogP contribution in [0, 0.1) is 12.3 Å². The summed E-state index contributed by atoms with van der Waals surface area (Å²) in [6, 6.07) is 0. The first-order valence-corrected chi connectivity index (χ1v) is 5.16. The summed E-state index contributed by atoms with van der Waals surface area (Å²) in [6.07, 6.45) is 4.75. The van der Waals surface area contributed by atoms with Crippen LogP contribution in [0.3, 0.4) is 0 Å². The molecular formula is C11H17N3. The third-order valence-electron chi connectivity index (χ3n) is 3.17. The fourth-order valence-corrected chi connectivity index (χ4v) is 1.97.